The molecule has 1 aromatic heterocycles. The number of carbonyl (C=O) groups is 1. The fourth-order valence-corrected chi connectivity index (χ4v) is 3.48. The van der Waals surface area contributed by atoms with Gasteiger partial charge in [0.05, 0.1) is 10.6 Å². The molecule has 6 nitrogen and oxygen atoms in total. The van der Waals surface area contributed by atoms with E-state index in [2.05, 4.69) is 10.0 Å². The number of amides is 1. The van der Waals surface area contributed by atoms with E-state index in [0.29, 0.717) is 0 Å². The third-order valence-corrected chi connectivity index (χ3v) is 5.12. The lowest BCUT2D eigenvalue weighted by Gasteiger charge is -2.06. The molecule has 0 fully saturated rings. The van der Waals surface area contributed by atoms with E-state index < -0.39 is 27.6 Å². The van der Waals surface area contributed by atoms with Crippen LogP contribution in [-0.4, -0.2) is 18.9 Å². The van der Waals surface area contributed by atoms with Crippen LogP contribution >= 0.6 is 0 Å². The SMILES string of the molecule is Cn1cc(NS(=O)(=O)c2ccccc2)cc1C(=O)Nc1ccc(F)c(F)c1. The number of sulfonamides is 1. The highest BCUT2D eigenvalue weighted by Gasteiger charge is 2.18. The lowest BCUT2D eigenvalue weighted by atomic mass is 10.3. The highest BCUT2D eigenvalue weighted by molar-refractivity contribution is 7.92. The van der Waals surface area contributed by atoms with Gasteiger partial charge in [0.2, 0.25) is 0 Å². The largest absolute Gasteiger partial charge is 0.344 e. The van der Waals surface area contributed by atoms with Gasteiger partial charge in [0, 0.05) is 25.0 Å². The standard InChI is InChI=1S/C18H15F2N3O3S/c1-23-11-13(22-27(25,26)14-5-3-2-4-6-14)10-17(23)18(24)21-12-7-8-15(19)16(20)9-12/h2-11,22H,1H3,(H,21,24). The molecule has 0 atom stereocenters. The molecule has 3 rings (SSSR count). The van der Waals surface area contributed by atoms with Crippen molar-refractivity contribution in [3.05, 3.63) is 78.1 Å². The van der Waals surface area contributed by atoms with Gasteiger partial charge in [-0.25, -0.2) is 17.2 Å². The fraction of sp³-hybridized carbons (Fsp3) is 0.0556. The van der Waals surface area contributed by atoms with E-state index in [1.807, 2.05) is 0 Å². The van der Waals surface area contributed by atoms with E-state index in [1.165, 1.54) is 35.0 Å². The van der Waals surface area contributed by atoms with Crippen molar-refractivity contribution >= 4 is 27.3 Å². The summed E-state index contributed by atoms with van der Waals surface area (Å²) in [5.74, 6) is -2.71. The van der Waals surface area contributed by atoms with Crippen LogP contribution in [0.4, 0.5) is 20.2 Å². The summed E-state index contributed by atoms with van der Waals surface area (Å²) in [5.41, 5.74) is 0.397. The van der Waals surface area contributed by atoms with Crippen molar-refractivity contribution in [1.82, 2.24) is 4.57 Å². The summed E-state index contributed by atoms with van der Waals surface area (Å²) in [5, 5.41) is 2.43. The Morgan fingerprint density at radius 2 is 1.67 bits per heavy atom. The molecule has 9 heteroatoms. The molecule has 0 bridgehead atoms. The minimum atomic E-state index is -3.80. The maximum atomic E-state index is 13.3. The Morgan fingerprint density at radius 3 is 2.33 bits per heavy atom. The Hall–Kier alpha value is -3.20. The van der Waals surface area contributed by atoms with Crippen LogP contribution in [0.15, 0.2) is 65.7 Å². The van der Waals surface area contributed by atoms with E-state index >= 15 is 0 Å². The Kier molecular flexibility index (Phi) is 4.95. The number of hydrogen-bond donors (Lipinski definition) is 2. The number of carbonyl (C=O) groups excluding carboxylic acids is 1. The van der Waals surface area contributed by atoms with Crippen molar-refractivity contribution in [2.45, 2.75) is 4.90 Å². The quantitative estimate of drug-likeness (QED) is 0.700. The highest BCUT2D eigenvalue weighted by Crippen LogP contribution is 2.20. The zero-order valence-electron chi connectivity index (χ0n) is 14.1. The lowest BCUT2D eigenvalue weighted by molar-refractivity contribution is 0.101. The van der Waals surface area contributed by atoms with Crippen molar-refractivity contribution in [1.29, 1.82) is 0 Å². The molecule has 2 aromatic carbocycles. The topological polar surface area (TPSA) is 80.2 Å². The number of halogens is 2. The van der Waals surface area contributed by atoms with Crippen molar-refractivity contribution in [2.24, 2.45) is 7.05 Å². The van der Waals surface area contributed by atoms with Gasteiger partial charge in [0.25, 0.3) is 15.9 Å². The predicted molar refractivity (Wildman–Crippen MR) is 97.0 cm³/mol. The van der Waals surface area contributed by atoms with Gasteiger partial charge in [-0.15, -0.1) is 0 Å². The van der Waals surface area contributed by atoms with Gasteiger partial charge in [-0.1, -0.05) is 18.2 Å². The third-order valence-electron chi connectivity index (χ3n) is 3.72. The van der Waals surface area contributed by atoms with Gasteiger partial charge in [0.1, 0.15) is 5.69 Å². The molecule has 0 unspecified atom stereocenters. The number of nitrogens with one attached hydrogen (secondary N) is 2. The maximum Gasteiger partial charge on any atom is 0.272 e. The van der Waals surface area contributed by atoms with Crippen LogP contribution in [0.3, 0.4) is 0 Å². The third kappa shape index (κ3) is 4.14. The Bertz CT molecular complexity index is 1100. The summed E-state index contributed by atoms with van der Waals surface area (Å²) in [6.45, 7) is 0. The molecular formula is C18H15F2N3O3S. The molecule has 0 aliphatic rings. The van der Waals surface area contributed by atoms with E-state index in [9.17, 15) is 22.0 Å². The second-order valence-electron chi connectivity index (χ2n) is 5.73. The summed E-state index contributed by atoms with van der Waals surface area (Å²) >= 11 is 0. The van der Waals surface area contributed by atoms with Gasteiger partial charge in [-0.2, -0.15) is 0 Å². The van der Waals surface area contributed by atoms with Crippen LogP contribution in [0.1, 0.15) is 10.5 Å². The molecule has 27 heavy (non-hydrogen) atoms. The summed E-state index contributed by atoms with van der Waals surface area (Å²) in [7, 11) is -2.24. The highest BCUT2D eigenvalue weighted by atomic mass is 32.2. The first-order valence-electron chi connectivity index (χ1n) is 7.77. The number of nitrogens with zero attached hydrogens (tertiary/aromatic N) is 1. The predicted octanol–water partition coefficient (Wildman–Crippen LogP) is 3.36. The Balaban J connectivity index is 1.79. The van der Waals surface area contributed by atoms with Crippen LogP contribution in [0.5, 0.6) is 0 Å². The average Bonchev–Trinajstić information content (AvgIpc) is 2.98. The number of aryl methyl sites for hydroxylation is 1. The smallest absolute Gasteiger partial charge is 0.272 e. The zero-order valence-corrected chi connectivity index (χ0v) is 14.9. The van der Waals surface area contributed by atoms with Crippen molar-refractivity contribution in [3.63, 3.8) is 0 Å². The molecule has 0 radical (unpaired) electrons. The minimum absolute atomic E-state index is 0.0755. The Labute approximate surface area is 154 Å². The molecule has 0 saturated heterocycles. The molecule has 140 valence electrons. The summed E-state index contributed by atoms with van der Waals surface area (Å²) in [4.78, 5) is 12.4. The first kappa shape index (κ1) is 18.6. The number of hydrogen-bond acceptors (Lipinski definition) is 3. The lowest BCUT2D eigenvalue weighted by Crippen LogP contribution is -2.15. The first-order chi connectivity index (χ1) is 12.8. The van der Waals surface area contributed by atoms with Crippen molar-refractivity contribution in [2.75, 3.05) is 10.0 Å². The number of aromatic nitrogens is 1. The normalized spacial score (nSPS) is 11.2. The fourth-order valence-electron chi connectivity index (χ4n) is 2.43. The molecule has 0 aliphatic heterocycles. The number of benzene rings is 2. The number of rotatable bonds is 5. The van der Waals surface area contributed by atoms with Gasteiger partial charge in [-0.05, 0) is 30.3 Å². The van der Waals surface area contributed by atoms with Crippen LogP contribution in [0.2, 0.25) is 0 Å². The van der Waals surface area contributed by atoms with Gasteiger partial charge in [-0.3, -0.25) is 9.52 Å². The second kappa shape index (κ2) is 7.20. The average molecular weight is 391 g/mol. The molecule has 0 aliphatic carbocycles. The molecule has 1 heterocycles. The monoisotopic (exact) mass is 391 g/mol. The van der Waals surface area contributed by atoms with Crippen LogP contribution in [0.25, 0.3) is 0 Å². The molecular weight excluding hydrogens is 376 g/mol. The zero-order chi connectivity index (χ0) is 19.6. The molecule has 1 amide bonds. The van der Waals surface area contributed by atoms with Crippen molar-refractivity contribution in [3.8, 4) is 0 Å². The number of anilines is 2. The summed E-state index contributed by atoms with van der Waals surface area (Å²) in [6, 6.07) is 12.1. The first-order valence-corrected chi connectivity index (χ1v) is 9.25. The second-order valence-corrected chi connectivity index (χ2v) is 7.41. The van der Waals surface area contributed by atoms with E-state index in [4.69, 9.17) is 0 Å². The van der Waals surface area contributed by atoms with Gasteiger partial charge < -0.3 is 9.88 Å². The minimum Gasteiger partial charge on any atom is -0.344 e. The summed E-state index contributed by atoms with van der Waals surface area (Å²) < 4.78 is 54.7. The van der Waals surface area contributed by atoms with Crippen LogP contribution < -0.4 is 10.0 Å². The van der Waals surface area contributed by atoms with Gasteiger partial charge in [0.15, 0.2) is 11.6 Å². The molecule has 2 N–H and O–H groups in total. The summed E-state index contributed by atoms with van der Waals surface area (Å²) in [6.07, 6.45) is 1.43. The van der Waals surface area contributed by atoms with E-state index in [0.717, 1.165) is 12.1 Å². The van der Waals surface area contributed by atoms with Crippen LogP contribution in [-0.2, 0) is 17.1 Å². The van der Waals surface area contributed by atoms with Crippen LogP contribution in [0, 0.1) is 11.6 Å². The molecule has 0 saturated carbocycles. The molecule has 0 spiro atoms. The van der Waals surface area contributed by atoms with E-state index in [-0.39, 0.29) is 22.0 Å². The van der Waals surface area contributed by atoms with E-state index in [1.54, 1.807) is 25.2 Å². The van der Waals surface area contributed by atoms with Crippen molar-refractivity contribution < 1.29 is 22.0 Å². The van der Waals surface area contributed by atoms with Gasteiger partial charge >= 0.3 is 0 Å². The Morgan fingerprint density at radius 1 is 0.963 bits per heavy atom. The molecule has 3 aromatic rings. The maximum absolute atomic E-state index is 13.3.